The first kappa shape index (κ1) is 20.7. The van der Waals surface area contributed by atoms with Crippen LogP contribution in [0.2, 0.25) is 5.02 Å². The Morgan fingerprint density at radius 1 is 1.07 bits per heavy atom. The minimum Gasteiger partial charge on any atom is -0.482 e. The van der Waals surface area contributed by atoms with Gasteiger partial charge in [0, 0.05) is 22.4 Å². The maximum absolute atomic E-state index is 12.4. The van der Waals surface area contributed by atoms with E-state index >= 15 is 0 Å². The average Bonchev–Trinajstić information content (AvgIpc) is 2.57. The van der Waals surface area contributed by atoms with Crippen LogP contribution in [0, 0.1) is 0 Å². The molecule has 0 amide bonds. The molecular weight excluding hydrogens is 389 g/mol. The molecule has 1 atom stereocenters. The molecule has 7 heteroatoms. The first-order chi connectivity index (χ1) is 12.9. The highest BCUT2D eigenvalue weighted by molar-refractivity contribution is 6.36. The van der Waals surface area contributed by atoms with E-state index in [1.54, 1.807) is 6.07 Å². The molecule has 0 bridgehead atoms. The van der Waals surface area contributed by atoms with E-state index in [0.29, 0.717) is 5.52 Å². The molecule has 28 heavy (non-hydrogen) atoms. The SMILES string of the molecule is CC(NC(C)(C)C)c1ccc2cc3ccc(OCC(F)(F)F)c(Cl)c3nc2c1. The van der Waals surface area contributed by atoms with Crippen LogP contribution >= 0.6 is 11.6 Å². The maximum atomic E-state index is 12.4. The molecule has 0 aliphatic rings. The first-order valence-electron chi connectivity index (χ1n) is 8.93. The predicted molar refractivity (Wildman–Crippen MR) is 107 cm³/mol. The Balaban J connectivity index is 2.01. The Labute approximate surface area is 166 Å². The highest BCUT2D eigenvalue weighted by Crippen LogP contribution is 2.34. The molecule has 0 saturated carbocycles. The van der Waals surface area contributed by atoms with Gasteiger partial charge >= 0.3 is 6.18 Å². The van der Waals surface area contributed by atoms with E-state index in [1.165, 1.54) is 6.07 Å². The maximum Gasteiger partial charge on any atom is 0.422 e. The number of rotatable bonds is 4. The molecule has 0 spiro atoms. The second kappa shape index (κ2) is 7.41. The van der Waals surface area contributed by atoms with E-state index in [2.05, 4.69) is 38.0 Å². The van der Waals surface area contributed by atoms with Crippen molar-refractivity contribution in [2.24, 2.45) is 0 Å². The summed E-state index contributed by atoms with van der Waals surface area (Å²) in [7, 11) is 0. The summed E-state index contributed by atoms with van der Waals surface area (Å²) in [5.74, 6) is -0.0303. The van der Waals surface area contributed by atoms with Crippen molar-refractivity contribution in [1.82, 2.24) is 10.3 Å². The van der Waals surface area contributed by atoms with Gasteiger partial charge in [0.05, 0.1) is 11.0 Å². The second-order valence-electron chi connectivity index (χ2n) is 7.91. The van der Waals surface area contributed by atoms with Gasteiger partial charge in [-0.2, -0.15) is 13.2 Å². The number of benzene rings is 2. The van der Waals surface area contributed by atoms with Crippen LogP contribution in [0.1, 0.15) is 39.3 Å². The van der Waals surface area contributed by atoms with E-state index in [-0.39, 0.29) is 22.4 Å². The van der Waals surface area contributed by atoms with Crippen LogP contribution < -0.4 is 10.1 Å². The predicted octanol–water partition coefficient (Wildman–Crippen LogP) is 6.43. The number of hydrogen-bond donors (Lipinski definition) is 1. The standard InChI is InChI=1S/C21H22ClF3N2O/c1-12(27-20(2,3)4)13-5-6-14-9-15-7-8-17(28-11-21(23,24)25)18(22)19(15)26-16(14)10-13/h5-10,12,27H,11H2,1-4H3. The number of aromatic nitrogens is 1. The van der Waals surface area contributed by atoms with Crippen molar-refractivity contribution < 1.29 is 17.9 Å². The van der Waals surface area contributed by atoms with Crippen LogP contribution in [-0.4, -0.2) is 23.3 Å². The van der Waals surface area contributed by atoms with E-state index in [4.69, 9.17) is 16.3 Å². The molecule has 150 valence electrons. The van der Waals surface area contributed by atoms with Gasteiger partial charge in [-0.1, -0.05) is 23.7 Å². The highest BCUT2D eigenvalue weighted by atomic mass is 35.5. The molecule has 1 N–H and O–H groups in total. The molecule has 0 saturated heterocycles. The molecular formula is C21H22ClF3N2O. The van der Waals surface area contributed by atoms with Crippen LogP contribution in [0.3, 0.4) is 0 Å². The highest BCUT2D eigenvalue weighted by Gasteiger charge is 2.29. The fourth-order valence-corrected chi connectivity index (χ4v) is 3.40. The second-order valence-corrected chi connectivity index (χ2v) is 8.29. The van der Waals surface area contributed by atoms with Gasteiger partial charge in [-0.25, -0.2) is 4.98 Å². The summed E-state index contributed by atoms with van der Waals surface area (Å²) >= 11 is 6.29. The minimum atomic E-state index is -4.43. The molecule has 3 nitrogen and oxygen atoms in total. The van der Waals surface area contributed by atoms with Crippen molar-refractivity contribution in [3.8, 4) is 5.75 Å². The van der Waals surface area contributed by atoms with Gasteiger partial charge in [0.1, 0.15) is 10.8 Å². The van der Waals surface area contributed by atoms with Gasteiger partial charge in [0.15, 0.2) is 6.61 Å². The average molecular weight is 411 g/mol. The lowest BCUT2D eigenvalue weighted by atomic mass is 10.0. The number of ether oxygens (including phenoxy) is 1. The van der Waals surface area contributed by atoms with E-state index in [9.17, 15) is 13.2 Å². The van der Waals surface area contributed by atoms with E-state index < -0.39 is 12.8 Å². The Morgan fingerprint density at radius 3 is 2.39 bits per heavy atom. The molecule has 0 radical (unpaired) electrons. The number of halogens is 4. The number of nitrogens with zero attached hydrogens (tertiary/aromatic N) is 1. The quantitative estimate of drug-likeness (QED) is 0.503. The molecule has 1 heterocycles. The van der Waals surface area contributed by atoms with Crippen molar-refractivity contribution in [2.45, 2.75) is 45.5 Å². The molecule has 1 aromatic heterocycles. The van der Waals surface area contributed by atoms with Crippen LogP contribution in [0.25, 0.3) is 21.8 Å². The Kier molecular flexibility index (Phi) is 5.47. The molecule has 2 aromatic carbocycles. The van der Waals surface area contributed by atoms with Gasteiger partial charge < -0.3 is 10.1 Å². The van der Waals surface area contributed by atoms with Crippen molar-refractivity contribution in [3.63, 3.8) is 0 Å². The van der Waals surface area contributed by atoms with Gasteiger partial charge in [0.2, 0.25) is 0 Å². The smallest absolute Gasteiger partial charge is 0.422 e. The van der Waals surface area contributed by atoms with Gasteiger partial charge in [-0.3, -0.25) is 0 Å². The van der Waals surface area contributed by atoms with Crippen molar-refractivity contribution in [3.05, 3.63) is 47.0 Å². The van der Waals surface area contributed by atoms with Gasteiger partial charge in [0.25, 0.3) is 0 Å². The summed E-state index contributed by atoms with van der Waals surface area (Å²) in [5.41, 5.74) is 2.17. The molecule has 0 fully saturated rings. The topological polar surface area (TPSA) is 34.1 Å². The molecule has 0 aliphatic heterocycles. The molecule has 0 aliphatic carbocycles. The Morgan fingerprint density at radius 2 is 1.75 bits per heavy atom. The molecule has 3 rings (SSSR count). The minimum absolute atomic E-state index is 0.0303. The number of alkyl halides is 3. The Bertz CT molecular complexity index is 1010. The lowest BCUT2D eigenvalue weighted by molar-refractivity contribution is -0.153. The van der Waals surface area contributed by atoms with Crippen LogP contribution in [-0.2, 0) is 0 Å². The zero-order valence-electron chi connectivity index (χ0n) is 16.1. The van der Waals surface area contributed by atoms with Crippen molar-refractivity contribution >= 4 is 33.4 Å². The summed E-state index contributed by atoms with van der Waals surface area (Å²) in [4.78, 5) is 4.60. The third kappa shape index (κ3) is 4.86. The lowest BCUT2D eigenvalue weighted by Crippen LogP contribution is -2.37. The van der Waals surface area contributed by atoms with Crippen LogP contribution in [0.4, 0.5) is 13.2 Å². The summed E-state index contributed by atoms with van der Waals surface area (Å²) in [6.45, 7) is 6.96. The lowest BCUT2D eigenvalue weighted by Gasteiger charge is -2.26. The number of hydrogen-bond acceptors (Lipinski definition) is 3. The molecule has 1 unspecified atom stereocenters. The van der Waals surface area contributed by atoms with Crippen LogP contribution in [0.5, 0.6) is 5.75 Å². The zero-order chi connectivity index (χ0) is 20.7. The number of nitrogens with one attached hydrogen (secondary N) is 1. The van der Waals surface area contributed by atoms with Crippen molar-refractivity contribution in [1.29, 1.82) is 0 Å². The first-order valence-corrected chi connectivity index (χ1v) is 9.31. The fraction of sp³-hybridized carbons (Fsp3) is 0.381. The van der Waals surface area contributed by atoms with Gasteiger partial charge in [-0.15, -0.1) is 0 Å². The third-order valence-corrected chi connectivity index (χ3v) is 4.62. The Hall–Kier alpha value is -2.05. The number of pyridine rings is 1. The fourth-order valence-electron chi connectivity index (χ4n) is 3.13. The molecule has 3 aromatic rings. The summed E-state index contributed by atoms with van der Waals surface area (Å²) < 4.78 is 42.2. The van der Waals surface area contributed by atoms with Gasteiger partial charge in [-0.05, 0) is 57.5 Å². The summed E-state index contributed by atoms with van der Waals surface area (Å²) in [6.07, 6.45) is -4.43. The largest absolute Gasteiger partial charge is 0.482 e. The van der Waals surface area contributed by atoms with E-state index in [0.717, 1.165) is 21.9 Å². The van der Waals surface area contributed by atoms with E-state index in [1.807, 2.05) is 24.3 Å². The summed E-state index contributed by atoms with van der Waals surface area (Å²) in [5, 5.41) is 5.26. The summed E-state index contributed by atoms with van der Waals surface area (Å²) in [6, 6.07) is 11.1. The normalized spacial score (nSPS) is 13.9. The zero-order valence-corrected chi connectivity index (χ0v) is 16.9. The number of fused-ring (bicyclic) bond motifs is 2. The monoisotopic (exact) mass is 410 g/mol. The third-order valence-electron chi connectivity index (χ3n) is 4.25. The van der Waals surface area contributed by atoms with Crippen LogP contribution in [0.15, 0.2) is 36.4 Å². The van der Waals surface area contributed by atoms with Crippen molar-refractivity contribution in [2.75, 3.05) is 6.61 Å².